The van der Waals surface area contributed by atoms with Gasteiger partial charge in [0, 0.05) is 18.8 Å². The molecule has 2 aromatic carbocycles. The van der Waals surface area contributed by atoms with Gasteiger partial charge in [-0.25, -0.2) is 4.79 Å². The van der Waals surface area contributed by atoms with Crippen LogP contribution in [0.3, 0.4) is 0 Å². The Hall–Kier alpha value is -2.70. The van der Waals surface area contributed by atoms with E-state index in [0.717, 1.165) is 22.3 Å². The predicted octanol–water partition coefficient (Wildman–Crippen LogP) is 0.252. The van der Waals surface area contributed by atoms with Crippen LogP contribution in [0.4, 0.5) is 0 Å². The Kier molecular flexibility index (Phi) is 4.45. The maximum absolute atomic E-state index is 12.5. The van der Waals surface area contributed by atoms with Gasteiger partial charge in [-0.05, 0) is 22.3 Å². The minimum absolute atomic E-state index is 0.0357. The summed E-state index contributed by atoms with van der Waals surface area (Å²) in [5, 5.41) is 11.3. The minimum atomic E-state index is -1.31. The molecule has 1 saturated heterocycles. The number of hydrogen-bond acceptors (Lipinski definition) is 5. The Morgan fingerprint density at radius 2 is 1.70 bits per heavy atom. The van der Waals surface area contributed by atoms with Crippen LogP contribution in [0, 0.1) is 0 Å². The van der Waals surface area contributed by atoms with Crippen LogP contribution in [0.25, 0.3) is 11.1 Å². The summed E-state index contributed by atoms with van der Waals surface area (Å²) in [6.45, 7) is 0.328. The zero-order chi connectivity index (χ0) is 19.0. The summed E-state index contributed by atoms with van der Waals surface area (Å²) in [4.78, 5) is 23.8. The van der Waals surface area contributed by atoms with Crippen molar-refractivity contribution in [2.24, 2.45) is 0 Å². The van der Waals surface area contributed by atoms with E-state index in [9.17, 15) is 14.7 Å². The van der Waals surface area contributed by atoms with Gasteiger partial charge < -0.3 is 25.1 Å². The third-order valence-corrected chi connectivity index (χ3v) is 5.53. The molecule has 0 radical (unpaired) electrons. The summed E-state index contributed by atoms with van der Waals surface area (Å²) in [6, 6.07) is 16.2. The zero-order valence-electron chi connectivity index (χ0n) is 14.9. The Labute approximate surface area is 156 Å². The number of esters is 1. The number of fused-ring (bicyclic) bond motifs is 3. The molecule has 0 amide bonds. The highest BCUT2D eigenvalue weighted by Crippen LogP contribution is 2.44. The summed E-state index contributed by atoms with van der Waals surface area (Å²) in [5.41, 5.74) is 6.94. The minimum Gasteiger partial charge on any atom is -0.544 e. The fourth-order valence-corrected chi connectivity index (χ4v) is 3.95. The van der Waals surface area contributed by atoms with E-state index in [0.29, 0.717) is 0 Å². The second kappa shape index (κ2) is 6.79. The molecule has 27 heavy (non-hydrogen) atoms. The number of quaternary nitrogens is 1. The molecule has 0 saturated carbocycles. The second-order valence-corrected chi connectivity index (χ2v) is 7.24. The van der Waals surface area contributed by atoms with E-state index < -0.39 is 23.6 Å². The van der Waals surface area contributed by atoms with Gasteiger partial charge in [-0.2, -0.15) is 0 Å². The Bertz CT molecular complexity index is 850. The molecule has 2 atom stereocenters. The van der Waals surface area contributed by atoms with Gasteiger partial charge in [0.15, 0.2) is 6.10 Å². The Morgan fingerprint density at radius 3 is 2.30 bits per heavy atom. The highest BCUT2D eigenvalue weighted by Gasteiger charge is 2.42. The van der Waals surface area contributed by atoms with Crippen LogP contribution in [0.1, 0.15) is 29.9 Å². The lowest BCUT2D eigenvalue weighted by Gasteiger charge is -2.34. The molecule has 2 aromatic rings. The quantitative estimate of drug-likeness (QED) is 0.781. The molecule has 140 valence electrons. The molecule has 6 nitrogen and oxygen atoms in total. The van der Waals surface area contributed by atoms with Crippen molar-refractivity contribution < 1.29 is 29.9 Å². The molecule has 1 fully saturated rings. The van der Waals surface area contributed by atoms with Gasteiger partial charge in [0.2, 0.25) is 0 Å². The van der Waals surface area contributed by atoms with Gasteiger partial charge in [-0.3, -0.25) is 0 Å². The van der Waals surface area contributed by atoms with Crippen LogP contribution in [0.15, 0.2) is 48.5 Å². The molecule has 4 rings (SSSR count). The molecule has 0 spiro atoms. The van der Waals surface area contributed by atoms with Crippen molar-refractivity contribution in [3.8, 4) is 11.1 Å². The molecule has 6 heteroatoms. The number of benzene rings is 2. The number of hydrogen-bond donors (Lipinski definition) is 1. The first-order valence-corrected chi connectivity index (χ1v) is 9.03. The number of carbonyl (C=O) groups is 2. The largest absolute Gasteiger partial charge is 0.544 e. The number of aliphatic carboxylic acids is 1. The van der Waals surface area contributed by atoms with Gasteiger partial charge in [0.1, 0.15) is 18.1 Å². The number of carboxylic acid groups (broad SMARTS) is 1. The summed E-state index contributed by atoms with van der Waals surface area (Å²) < 4.78 is 11.0. The first kappa shape index (κ1) is 17.7. The van der Waals surface area contributed by atoms with Gasteiger partial charge in [0.05, 0.1) is 6.61 Å². The molecule has 3 N–H and O–H groups in total. The van der Waals surface area contributed by atoms with Gasteiger partial charge in [0.25, 0.3) is 0 Å². The van der Waals surface area contributed by atoms with Crippen molar-refractivity contribution in [1.29, 1.82) is 0 Å². The van der Waals surface area contributed by atoms with Crippen LogP contribution in [-0.4, -0.2) is 36.8 Å². The van der Waals surface area contributed by atoms with E-state index in [1.54, 1.807) is 0 Å². The van der Waals surface area contributed by atoms with E-state index >= 15 is 0 Å². The van der Waals surface area contributed by atoms with E-state index in [2.05, 4.69) is 17.9 Å². The van der Waals surface area contributed by atoms with E-state index in [4.69, 9.17) is 9.47 Å². The maximum Gasteiger partial charge on any atom is 0.335 e. The predicted molar refractivity (Wildman–Crippen MR) is 94.3 cm³/mol. The highest BCUT2D eigenvalue weighted by molar-refractivity contribution is 5.81. The second-order valence-electron chi connectivity index (χ2n) is 7.24. The third kappa shape index (κ3) is 3.11. The molecule has 1 aliphatic carbocycles. The molecule has 2 aliphatic rings. The van der Waals surface area contributed by atoms with Crippen molar-refractivity contribution in [2.75, 3.05) is 13.2 Å². The summed E-state index contributed by atoms with van der Waals surface area (Å²) in [7, 11) is 0. The number of carboxylic acids is 1. The monoisotopic (exact) mass is 367 g/mol. The van der Waals surface area contributed by atoms with Gasteiger partial charge in [-0.15, -0.1) is 0 Å². The lowest BCUT2D eigenvalue weighted by Crippen LogP contribution is -2.81. The molecular weight excluding hydrogens is 346 g/mol. The highest BCUT2D eigenvalue weighted by atomic mass is 16.6. The molecule has 0 bridgehead atoms. The first-order chi connectivity index (χ1) is 13.0. The van der Waals surface area contributed by atoms with Crippen molar-refractivity contribution in [3.63, 3.8) is 0 Å². The van der Waals surface area contributed by atoms with Crippen LogP contribution in [-0.2, 0) is 19.1 Å². The summed E-state index contributed by atoms with van der Waals surface area (Å²) >= 11 is 0. The Balaban J connectivity index is 1.49. The average Bonchev–Trinajstić information content (AvgIpc) is 3.00. The fourth-order valence-electron chi connectivity index (χ4n) is 3.95. The zero-order valence-corrected chi connectivity index (χ0v) is 14.9. The Morgan fingerprint density at radius 1 is 1.11 bits per heavy atom. The van der Waals surface area contributed by atoms with Gasteiger partial charge >= 0.3 is 5.97 Å². The molecule has 1 aliphatic heterocycles. The van der Waals surface area contributed by atoms with Crippen molar-refractivity contribution in [1.82, 2.24) is 0 Å². The standard InChI is InChI=1S/C21H21NO5/c22-21(20(24)25)9-10-26-18(11-21)19(23)27-12-17-15-7-3-1-5-13(15)14-6-2-4-8-16(14)17/h1-8,17-18H,9-12,22H2,(H,24,25)/t18-,21+/m1/s1. The van der Waals surface area contributed by atoms with Crippen LogP contribution in [0.2, 0.25) is 0 Å². The molecule has 0 aromatic heterocycles. The lowest BCUT2D eigenvalue weighted by atomic mass is 9.88. The van der Waals surface area contributed by atoms with Crippen LogP contribution >= 0.6 is 0 Å². The fraction of sp³-hybridized carbons (Fsp3) is 0.333. The molecule has 0 unspecified atom stereocenters. The molecular formula is C21H21NO5. The SMILES string of the molecule is [NH3+][C@@]1(C(=O)[O-])CCO[C@@H](C(=O)OCC2c3ccccc3-c3ccccc32)C1. The van der Waals surface area contributed by atoms with E-state index in [-0.39, 0.29) is 32.0 Å². The first-order valence-electron chi connectivity index (χ1n) is 9.03. The van der Waals surface area contributed by atoms with E-state index in [1.807, 2.05) is 36.4 Å². The topological polar surface area (TPSA) is 103 Å². The number of rotatable bonds is 4. The maximum atomic E-state index is 12.5. The number of carbonyl (C=O) groups excluding carboxylic acids is 2. The summed E-state index contributed by atoms with van der Waals surface area (Å²) in [5.74, 6) is -1.86. The normalized spacial score (nSPS) is 24.1. The van der Waals surface area contributed by atoms with Gasteiger partial charge in [-0.1, -0.05) is 48.5 Å². The van der Waals surface area contributed by atoms with Crippen molar-refractivity contribution in [3.05, 3.63) is 59.7 Å². The summed E-state index contributed by atoms with van der Waals surface area (Å²) in [6.07, 6.45) is -0.741. The van der Waals surface area contributed by atoms with Crippen molar-refractivity contribution in [2.45, 2.75) is 30.4 Å². The van der Waals surface area contributed by atoms with Crippen LogP contribution < -0.4 is 10.8 Å². The number of ether oxygens (including phenoxy) is 2. The van der Waals surface area contributed by atoms with Crippen LogP contribution in [0.5, 0.6) is 0 Å². The van der Waals surface area contributed by atoms with E-state index in [1.165, 1.54) is 0 Å². The molecule has 1 heterocycles. The van der Waals surface area contributed by atoms with Crippen molar-refractivity contribution >= 4 is 11.9 Å². The lowest BCUT2D eigenvalue weighted by molar-refractivity contribution is -0.497. The smallest absolute Gasteiger partial charge is 0.335 e. The average molecular weight is 367 g/mol. The third-order valence-electron chi connectivity index (χ3n) is 5.53.